The van der Waals surface area contributed by atoms with Crippen molar-refractivity contribution in [2.75, 3.05) is 13.1 Å². The first kappa shape index (κ1) is 22.8. The zero-order valence-corrected chi connectivity index (χ0v) is 21.2. The van der Waals surface area contributed by atoms with Gasteiger partial charge in [-0.05, 0) is 48.1 Å². The summed E-state index contributed by atoms with van der Waals surface area (Å²) in [6.07, 6.45) is 5.88. The van der Waals surface area contributed by atoms with Gasteiger partial charge in [-0.15, -0.1) is 11.3 Å². The normalized spacial score (nSPS) is 23.4. The third kappa shape index (κ3) is 4.31. The number of hydrogen-bond donors (Lipinski definition) is 2. The van der Waals surface area contributed by atoms with Crippen LogP contribution in [0.4, 0.5) is 0 Å². The van der Waals surface area contributed by atoms with E-state index in [1.807, 2.05) is 0 Å². The Balaban J connectivity index is 1.14. The fraction of sp³-hybridized carbons (Fsp3) is 0.385. The molecular weight excluding hydrogens is 478 g/mol. The van der Waals surface area contributed by atoms with Crippen LogP contribution in [0.1, 0.15) is 51.9 Å². The number of thiol groups is 1. The Kier molecular flexibility index (Phi) is 5.96. The SMILES string of the molecule is Cc1cc2c(C3=CCN(Cc4ccc5c(c4)CN(C4CCC(=O)NC4=O)C5S)CC3)ncnc2s1. The van der Waals surface area contributed by atoms with E-state index in [2.05, 4.69) is 62.3 Å². The van der Waals surface area contributed by atoms with E-state index in [0.29, 0.717) is 19.4 Å². The summed E-state index contributed by atoms with van der Waals surface area (Å²) in [6, 6.07) is 8.47. The molecular formula is C26H27N5O2S2. The van der Waals surface area contributed by atoms with Crippen molar-refractivity contribution in [3.05, 3.63) is 63.9 Å². The monoisotopic (exact) mass is 505 g/mol. The number of fused-ring (bicyclic) bond motifs is 2. The Hall–Kier alpha value is -2.59. The summed E-state index contributed by atoms with van der Waals surface area (Å²) in [7, 11) is 0. The van der Waals surface area contributed by atoms with E-state index in [-0.39, 0.29) is 23.2 Å². The predicted octanol–water partition coefficient (Wildman–Crippen LogP) is 3.84. The molecule has 0 radical (unpaired) electrons. The number of benzene rings is 1. The maximum atomic E-state index is 12.4. The molecule has 0 spiro atoms. The lowest BCUT2D eigenvalue weighted by molar-refractivity contribution is -0.137. The third-order valence-electron chi connectivity index (χ3n) is 7.22. The van der Waals surface area contributed by atoms with Gasteiger partial charge in [-0.1, -0.05) is 24.3 Å². The highest BCUT2D eigenvalue weighted by Gasteiger charge is 2.39. The molecule has 2 unspecified atom stereocenters. The summed E-state index contributed by atoms with van der Waals surface area (Å²) in [4.78, 5) is 39.8. The minimum atomic E-state index is -0.308. The van der Waals surface area contributed by atoms with Gasteiger partial charge in [0.1, 0.15) is 11.2 Å². The summed E-state index contributed by atoms with van der Waals surface area (Å²) in [5, 5.41) is 3.50. The molecule has 6 rings (SSSR count). The van der Waals surface area contributed by atoms with Crippen LogP contribution in [0.15, 0.2) is 36.7 Å². The number of aryl methyl sites for hydroxylation is 1. The van der Waals surface area contributed by atoms with Crippen LogP contribution in [-0.4, -0.2) is 50.7 Å². The number of thiophene rings is 1. The standard InChI is InChI=1S/C26H27N5O2S2/c1-15-10-20-23(27-14-28-25(20)35-15)17-6-8-30(9-7-17)12-16-2-3-19-18(11-16)13-31(26(19)34)21-4-5-22(32)29-24(21)33/h2-3,6,10-11,14,21,26,34H,4-5,7-9,12-13H2,1H3,(H,29,32,33). The van der Waals surface area contributed by atoms with Crippen molar-refractivity contribution < 1.29 is 9.59 Å². The van der Waals surface area contributed by atoms with E-state index in [1.54, 1.807) is 17.7 Å². The summed E-state index contributed by atoms with van der Waals surface area (Å²) in [5.41, 5.74) is 6.02. The van der Waals surface area contributed by atoms with Crippen molar-refractivity contribution in [3.63, 3.8) is 0 Å². The van der Waals surface area contributed by atoms with Crippen LogP contribution in [0.3, 0.4) is 0 Å². The molecule has 1 saturated heterocycles. The highest BCUT2D eigenvalue weighted by atomic mass is 32.1. The van der Waals surface area contributed by atoms with E-state index in [4.69, 9.17) is 12.6 Å². The minimum absolute atomic E-state index is 0.131. The van der Waals surface area contributed by atoms with Crippen LogP contribution in [0.2, 0.25) is 0 Å². The summed E-state index contributed by atoms with van der Waals surface area (Å²) in [6.45, 7) is 5.54. The van der Waals surface area contributed by atoms with Gasteiger partial charge < -0.3 is 0 Å². The number of nitrogens with one attached hydrogen (secondary N) is 1. The van der Waals surface area contributed by atoms with Crippen molar-refractivity contribution in [2.24, 2.45) is 0 Å². The fourth-order valence-electron chi connectivity index (χ4n) is 5.45. The Bertz CT molecular complexity index is 1370. The molecule has 35 heavy (non-hydrogen) atoms. The van der Waals surface area contributed by atoms with Crippen molar-refractivity contribution in [2.45, 2.75) is 50.7 Å². The number of nitrogens with zero attached hydrogens (tertiary/aromatic N) is 4. The number of imide groups is 1. The lowest BCUT2D eigenvalue weighted by Gasteiger charge is -2.32. The number of amides is 2. The van der Waals surface area contributed by atoms with Crippen molar-refractivity contribution in [3.8, 4) is 0 Å². The molecule has 0 aliphatic carbocycles. The number of piperidine rings is 1. The molecule has 0 bridgehead atoms. The van der Waals surface area contributed by atoms with Crippen LogP contribution < -0.4 is 5.32 Å². The molecule has 9 heteroatoms. The molecule has 2 aromatic heterocycles. The van der Waals surface area contributed by atoms with Crippen molar-refractivity contribution in [1.82, 2.24) is 25.1 Å². The molecule has 2 amide bonds. The smallest absolute Gasteiger partial charge is 0.243 e. The maximum absolute atomic E-state index is 12.4. The molecule has 1 N–H and O–H groups in total. The number of aromatic nitrogens is 2. The van der Waals surface area contributed by atoms with Crippen LogP contribution in [0.25, 0.3) is 15.8 Å². The van der Waals surface area contributed by atoms with Gasteiger partial charge in [-0.2, -0.15) is 12.6 Å². The second-order valence-electron chi connectivity index (χ2n) is 9.56. The number of carbonyl (C=O) groups excluding carboxylic acids is 2. The van der Waals surface area contributed by atoms with Crippen LogP contribution in [0, 0.1) is 6.92 Å². The van der Waals surface area contributed by atoms with Gasteiger partial charge in [0.15, 0.2) is 0 Å². The zero-order valence-electron chi connectivity index (χ0n) is 19.5. The molecule has 3 aromatic rings. The molecule has 180 valence electrons. The van der Waals surface area contributed by atoms with E-state index in [9.17, 15) is 9.59 Å². The first-order valence-electron chi connectivity index (χ1n) is 12.0. The molecule has 3 aliphatic heterocycles. The second-order valence-corrected chi connectivity index (χ2v) is 11.3. The van der Waals surface area contributed by atoms with Crippen molar-refractivity contribution in [1.29, 1.82) is 0 Å². The summed E-state index contributed by atoms with van der Waals surface area (Å²) in [5.74, 6) is -0.392. The van der Waals surface area contributed by atoms with Gasteiger partial charge >= 0.3 is 0 Å². The second kappa shape index (κ2) is 9.13. The lowest BCUT2D eigenvalue weighted by Crippen LogP contribution is -2.51. The molecule has 1 fully saturated rings. The van der Waals surface area contributed by atoms with Gasteiger partial charge in [0, 0.05) is 42.9 Å². The molecule has 1 aromatic carbocycles. The first-order valence-corrected chi connectivity index (χ1v) is 13.3. The average molecular weight is 506 g/mol. The van der Waals surface area contributed by atoms with Gasteiger partial charge in [-0.3, -0.25) is 24.7 Å². The lowest BCUT2D eigenvalue weighted by atomic mass is 10.0. The van der Waals surface area contributed by atoms with Gasteiger partial charge in [0.2, 0.25) is 11.8 Å². The highest BCUT2D eigenvalue weighted by molar-refractivity contribution is 7.80. The Morgan fingerprint density at radius 3 is 2.89 bits per heavy atom. The van der Waals surface area contributed by atoms with Gasteiger partial charge in [0.05, 0.1) is 17.1 Å². The maximum Gasteiger partial charge on any atom is 0.243 e. The van der Waals surface area contributed by atoms with Crippen LogP contribution in [-0.2, 0) is 22.7 Å². The van der Waals surface area contributed by atoms with E-state index >= 15 is 0 Å². The zero-order chi connectivity index (χ0) is 24.1. The summed E-state index contributed by atoms with van der Waals surface area (Å²) < 4.78 is 0. The van der Waals surface area contributed by atoms with Crippen LogP contribution in [0.5, 0.6) is 0 Å². The van der Waals surface area contributed by atoms with Crippen LogP contribution >= 0.6 is 24.0 Å². The number of rotatable bonds is 4. The Morgan fingerprint density at radius 1 is 1.20 bits per heavy atom. The molecule has 3 aliphatic rings. The average Bonchev–Trinajstić information content (AvgIpc) is 3.38. The quantitative estimate of drug-likeness (QED) is 0.415. The highest BCUT2D eigenvalue weighted by Crippen LogP contribution is 2.40. The minimum Gasteiger partial charge on any atom is -0.295 e. The number of carbonyl (C=O) groups is 2. The molecule has 7 nitrogen and oxygen atoms in total. The largest absolute Gasteiger partial charge is 0.295 e. The number of hydrogen-bond acceptors (Lipinski definition) is 8. The van der Waals surface area contributed by atoms with Crippen molar-refractivity contribution >= 4 is 51.6 Å². The first-order chi connectivity index (χ1) is 17.0. The summed E-state index contributed by atoms with van der Waals surface area (Å²) >= 11 is 6.53. The molecule has 0 saturated carbocycles. The fourth-order valence-corrected chi connectivity index (χ4v) is 6.79. The Labute approximate surface area is 213 Å². The van der Waals surface area contributed by atoms with E-state index in [0.717, 1.165) is 47.5 Å². The van der Waals surface area contributed by atoms with E-state index in [1.165, 1.54) is 21.6 Å². The van der Waals surface area contributed by atoms with Gasteiger partial charge in [-0.25, -0.2) is 9.97 Å². The third-order valence-corrected chi connectivity index (χ3v) is 8.75. The predicted molar refractivity (Wildman–Crippen MR) is 140 cm³/mol. The Morgan fingerprint density at radius 2 is 2.09 bits per heavy atom. The van der Waals surface area contributed by atoms with Gasteiger partial charge in [0.25, 0.3) is 0 Å². The van der Waals surface area contributed by atoms with E-state index < -0.39 is 0 Å². The molecule has 2 atom stereocenters. The molecule has 5 heterocycles. The topological polar surface area (TPSA) is 78.4 Å².